The fourth-order valence-corrected chi connectivity index (χ4v) is 4.57. The number of likely N-dealkylation sites (tertiary alicyclic amines) is 1. The van der Waals surface area contributed by atoms with Crippen LogP contribution in [0.4, 0.5) is 0 Å². The third-order valence-corrected chi connectivity index (χ3v) is 6.05. The molecule has 0 N–H and O–H groups in total. The minimum Gasteiger partial charge on any atom is -0.490 e. The molecule has 0 bridgehead atoms. The van der Waals surface area contributed by atoms with Crippen LogP contribution in [-0.2, 0) is 11.2 Å². The summed E-state index contributed by atoms with van der Waals surface area (Å²) in [6, 6.07) is 14.1. The highest BCUT2D eigenvalue weighted by Crippen LogP contribution is 2.22. The van der Waals surface area contributed by atoms with E-state index in [9.17, 15) is 4.79 Å². The van der Waals surface area contributed by atoms with E-state index < -0.39 is 0 Å². The van der Waals surface area contributed by atoms with Gasteiger partial charge in [-0.15, -0.1) is 11.3 Å². The smallest absolute Gasteiger partial charge is 0.228 e. The molecule has 0 radical (unpaired) electrons. The minimum atomic E-state index is 0.149. The van der Waals surface area contributed by atoms with Crippen LogP contribution in [0.3, 0.4) is 0 Å². The van der Waals surface area contributed by atoms with E-state index >= 15 is 0 Å². The summed E-state index contributed by atoms with van der Waals surface area (Å²) in [4.78, 5) is 19.3. The highest BCUT2D eigenvalue weighted by Gasteiger charge is 2.24. The molecule has 28 heavy (non-hydrogen) atoms. The van der Waals surface area contributed by atoms with Gasteiger partial charge in [-0.05, 0) is 38.1 Å². The van der Waals surface area contributed by atoms with Gasteiger partial charge in [-0.1, -0.05) is 18.2 Å². The highest BCUT2D eigenvalue weighted by molar-refractivity contribution is 7.12. The zero-order valence-corrected chi connectivity index (χ0v) is 17.1. The van der Waals surface area contributed by atoms with Crippen LogP contribution < -0.4 is 4.74 Å². The van der Waals surface area contributed by atoms with Gasteiger partial charge in [0, 0.05) is 42.7 Å². The molecule has 0 unspecified atom stereocenters. The molecule has 2 aromatic heterocycles. The summed E-state index contributed by atoms with van der Waals surface area (Å²) in [5.74, 6) is 1.05. The number of aromatic nitrogens is 2. The molecule has 6 heteroatoms. The van der Waals surface area contributed by atoms with Crippen LogP contribution in [-0.4, -0.2) is 39.6 Å². The average molecular weight is 396 g/mol. The van der Waals surface area contributed by atoms with Crippen molar-refractivity contribution in [1.29, 1.82) is 0 Å². The Labute approximate surface area is 169 Å². The van der Waals surface area contributed by atoms with Crippen molar-refractivity contribution in [2.24, 2.45) is 0 Å². The number of hydrogen-bond donors (Lipinski definition) is 0. The monoisotopic (exact) mass is 395 g/mol. The Morgan fingerprint density at radius 3 is 2.46 bits per heavy atom. The van der Waals surface area contributed by atoms with Gasteiger partial charge < -0.3 is 9.64 Å². The molecule has 0 atom stereocenters. The average Bonchev–Trinajstić information content (AvgIpc) is 3.29. The van der Waals surface area contributed by atoms with Crippen molar-refractivity contribution in [3.63, 3.8) is 0 Å². The maximum atomic E-state index is 12.7. The second-order valence-corrected chi connectivity index (χ2v) is 8.10. The summed E-state index contributed by atoms with van der Waals surface area (Å²) in [6.07, 6.45) is 2.27. The Kier molecular flexibility index (Phi) is 5.48. The van der Waals surface area contributed by atoms with Crippen LogP contribution in [0.5, 0.6) is 5.75 Å². The standard InChI is InChI=1S/C22H25N3O2S/c1-16-8-9-17(2)25(16)22-23-18(15-28-22)14-21(26)24-12-10-20(11-13-24)27-19-6-4-3-5-7-19/h3-9,15,20H,10-14H2,1-2H3. The number of piperidine rings is 1. The molecule has 0 aliphatic carbocycles. The Morgan fingerprint density at radius 2 is 1.79 bits per heavy atom. The molecular weight excluding hydrogens is 370 g/mol. The highest BCUT2D eigenvalue weighted by atomic mass is 32.1. The number of ether oxygens (including phenoxy) is 1. The molecule has 3 aromatic rings. The fourth-order valence-electron chi connectivity index (χ4n) is 3.63. The first-order chi connectivity index (χ1) is 13.6. The summed E-state index contributed by atoms with van der Waals surface area (Å²) in [5.41, 5.74) is 3.16. The zero-order valence-electron chi connectivity index (χ0n) is 16.3. The molecule has 146 valence electrons. The van der Waals surface area contributed by atoms with E-state index in [1.54, 1.807) is 11.3 Å². The van der Waals surface area contributed by atoms with Crippen molar-refractivity contribution in [3.05, 3.63) is 64.9 Å². The van der Waals surface area contributed by atoms with Crippen LogP contribution in [0.1, 0.15) is 29.9 Å². The van der Waals surface area contributed by atoms with Crippen LogP contribution in [0.25, 0.3) is 5.13 Å². The van der Waals surface area contributed by atoms with Crippen molar-refractivity contribution in [1.82, 2.24) is 14.5 Å². The van der Waals surface area contributed by atoms with Crippen molar-refractivity contribution < 1.29 is 9.53 Å². The van der Waals surface area contributed by atoms with Crippen LogP contribution >= 0.6 is 11.3 Å². The van der Waals surface area contributed by atoms with Crippen molar-refractivity contribution in [2.75, 3.05) is 13.1 Å². The van der Waals surface area contributed by atoms with E-state index in [1.165, 1.54) is 0 Å². The number of para-hydroxylation sites is 1. The van der Waals surface area contributed by atoms with Gasteiger partial charge in [-0.25, -0.2) is 4.98 Å². The van der Waals surface area contributed by atoms with Gasteiger partial charge in [-0.2, -0.15) is 0 Å². The number of carbonyl (C=O) groups is 1. The molecule has 1 amide bonds. The van der Waals surface area contributed by atoms with Crippen molar-refractivity contribution >= 4 is 17.2 Å². The van der Waals surface area contributed by atoms with Gasteiger partial charge in [0.05, 0.1) is 12.1 Å². The van der Waals surface area contributed by atoms with Gasteiger partial charge in [0.25, 0.3) is 0 Å². The predicted octanol–water partition coefficient (Wildman–Crippen LogP) is 4.16. The molecule has 0 spiro atoms. The number of rotatable bonds is 5. The first kappa shape index (κ1) is 18.7. The number of aryl methyl sites for hydroxylation is 2. The molecule has 0 saturated carbocycles. The van der Waals surface area contributed by atoms with Crippen LogP contribution in [0, 0.1) is 13.8 Å². The second-order valence-electron chi connectivity index (χ2n) is 7.26. The van der Waals surface area contributed by atoms with E-state index in [-0.39, 0.29) is 12.0 Å². The molecule has 5 nitrogen and oxygen atoms in total. The lowest BCUT2D eigenvalue weighted by atomic mass is 10.1. The summed E-state index contributed by atoms with van der Waals surface area (Å²) < 4.78 is 8.15. The third kappa shape index (κ3) is 4.12. The summed E-state index contributed by atoms with van der Waals surface area (Å²) >= 11 is 1.59. The zero-order chi connectivity index (χ0) is 19.5. The molecular formula is C22H25N3O2S. The fraction of sp³-hybridized carbons (Fsp3) is 0.364. The summed E-state index contributed by atoms with van der Waals surface area (Å²) in [6.45, 7) is 5.62. The molecule has 4 rings (SSSR count). The Hall–Kier alpha value is -2.60. The van der Waals surface area contributed by atoms with Gasteiger partial charge in [-0.3, -0.25) is 9.36 Å². The summed E-state index contributed by atoms with van der Waals surface area (Å²) in [5, 5.41) is 2.93. The summed E-state index contributed by atoms with van der Waals surface area (Å²) in [7, 11) is 0. The van der Waals surface area contributed by atoms with Crippen molar-refractivity contribution in [2.45, 2.75) is 39.2 Å². The predicted molar refractivity (Wildman–Crippen MR) is 111 cm³/mol. The lowest BCUT2D eigenvalue weighted by Gasteiger charge is -2.32. The first-order valence-electron chi connectivity index (χ1n) is 9.69. The maximum absolute atomic E-state index is 12.7. The van der Waals surface area contributed by atoms with Crippen LogP contribution in [0.2, 0.25) is 0 Å². The number of carbonyl (C=O) groups excluding carboxylic acids is 1. The largest absolute Gasteiger partial charge is 0.490 e. The number of hydrogen-bond acceptors (Lipinski definition) is 4. The van der Waals surface area contributed by atoms with Crippen LogP contribution in [0.15, 0.2) is 47.8 Å². The van der Waals surface area contributed by atoms with Gasteiger partial charge in [0.2, 0.25) is 5.91 Å². The third-order valence-electron chi connectivity index (χ3n) is 5.18. The molecule has 1 aliphatic heterocycles. The number of amides is 1. The lowest BCUT2D eigenvalue weighted by Crippen LogP contribution is -2.42. The maximum Gasteiger partial charge on any atom is 0.228 e. The quantitative estimate of drug-likeness (QED) is 0.652. The van der Waals surface area contributed by atoms with E-state index in [2.05, 4.69) is 35.5 Å². The van der Waals surface area contributed by atoms with E-state index in [0.717, 1.165) is 53.9 Å². The first-order valence-corrected chi connectivity index (χ1v) is 10.6. The lowest BCUT2D eigenvalue weighted by molar-refractivity contribution is -0.132. The second kappa shape index (κ2) is 8.19. The Morgan fingerprint density at radius 1 is 1.11 bits per heavy atom. The molecule has 1 saturated heterocycles. The minimum absolute atomic E-state index is 0.149. The van der Waals surface area contributed by atoms with E-state index in [4.69, 9.17) is 4.74 Å². The molecule has 3 heterocycles. The normalized spacial score (nSPS) is 15.0. The number of thiazole rings is 1. The molecule has 1 fully saturated rings. The SMILES string of the molecule is Cc1ccc(C)n1-c1nc(CC(=O)N2CCC(Oc3ccccc3)CC2)cs1. The van der Waals surface area contributed by atoms with E-state index in [1.807, 2.05) is 40.6 Å². The Bertz CT molecular complexity index is 920. The molecule has 1 aromatic carbocycles. The topological polar surface area (TPSA) is 47.4 Å². The van der Waals surface area contributed by atoms with Crippen molar-refractivity contribution in [3.8, 4) is 10.9 Å². The van der Waals surface area contributed by atoms with E-state index in [0.29, 0.717) is 6.42 Å². The van der Waals surface area contributed by atoms with Gasteiger partial charge in [0.1, 0.15) is 11.9 Å². The Balaban J connectivity index is 1.32. The number of nitrogens with zero attached hydrogens (tertiary/aromatic N) is 3. The number of benzene rings is 1. The molecule has 1 aliphatic rings. The van der Waals surface area contributed by atoms with Gasteiger partial charge >= 0.3 is 0 Å². The van der Waals surface area contributed by atoms with Gasteiger partial charge in [0.15, 0.2) is 5.13 Å².